The van der Waals surface area contributed by atoms with Crippen LogP contribution in [0, 0.1) is 0 Å². The standard InChI is InChI=1S/C18H12ClF2NO5/c19-11-5-6-13-10(7-11)8-15(26-13)17(24)25-9-16(23)22-12-3-1-2-4-14(12)27-18(20)21/h1-8,18H,9H2,(H,22,23). The Morgan fingerprint density at radius 3 is 2.70 bits per heavy atom. The summed E-state index contributed by atoms with van der Waals surface area (Å²) in [5, 5.41) is 3.42. The maximum atomic E-state index is 12.4. The van der Waals surface area contributed by atoms with Crippen molar-refractivity contribution >= 4 is 40.1 Å². The number of hydrogen-bond acceptors (Lipinski definition) is 5. The molecule has 2 aromatic carbocycles. The highest BCUT2D eigenvalue weighted by Gasteiger charge is 2.17. The summed E-state index contributed by atoms with van der Waals surface area (Å²) >= 11 is 5.86. The van der Waals surface area contributed by atoms with E-state index in [9.17, 15) is 18.4 Å². The molecule has 0 saturated carbocycles. The topological polar surface area (TPSA) is 77.8 Å². The Morgan fingerprint density at radius 1 is 1.15 bits per heavy atom. The van der Waals surface area contributed by atoms with Crippen molar-refractivity contribution in [2.24, 2.45) is 0 Å². The minimum absolute atomic E-state index is 0.0252. The van der Waals surface area contributed by atoms with Crippen molar-refractivity contribution in [1.82, 2.24) is 0 Å². The van der Waals surface area contributed by atoms with Gasteiger partial charge in [0.05, 0.1) is 5.69 Å². The summed E-state index contributed by atoms with van der Waals surface area (Å²) in [6, 6.07) is 11.9. The normalized spacial score (nSPS) is 10.8. The van der Waals surface area contributed by atoms with Gasteiger partial charge in [-0.3, -0.25) is 4.79 Å². The number of alkyl halides is 2. The summed E-state index contributed by atoms with van der Waals surface area (Å²) in [4.78, 5) is 23.9. The molecule has 0 aliphatic carbocycles. The van der Waals surface area contributed by atoms with Crippen LogP contribution in [0.3, 0.4) is 0 Å². The highest BCUT2D eigenvalue weighted by molar-refractivity contribution is 6.31. The Morgan fingerprint density at radius 2 is 1.93 bits per heavy atom. The molecular formula is C18H12ClF2NO5. The lowest BCUT2D eigenvalue weighted by Crippen LogP contribution is -2.21. The number of ether oxygens (including phenoxy) is 2. The van der Waals surface area contributed by atoms with Crippen LogP contribution in [0.2, 0.25) is 5.02 Å². The second-order valence-corrected chi connectivity index (χ2v) is 5.73. The molecule has 0 radical (unpaired) electrons. The molecule has 0 spiro atoms. The molecule has 0 aliphatic heterocycles. The van der Waals surface area contributed by atoms with Crippen LogP contribution >= 0.6 is 11.6 Å². The number of hydrogen-bond donors (Lipinski definition) is 1. The van der Waals surface area contributed by atoms with E-state index in [-0.39, 0.29) is 17.2 Å². The van der Waals surface area contributed by atoms with E-state index >= 15 is 0 Å². The average Bonchev–Trinajstić information content (AvgIpc) is 3.04. The zero-order valence-electron chi connectivity index (χ0n) is 13.6. The van der Waals surface area contributed by atoms with Gasteiger partial charge in [-0.15, -0.1) is 0 Å². The van der Waals surface area contributed by atoms with Gasteiger partial charge in [-0.2, -0.15) is 8.78 Å². The summed E-state index contributed by atoms with van der Waals surface area (Å²) in [6.45, 7) is -3.68. The van der Waals surface area contributed by atoms with Gasteiger partial charge >= 0.3 is 12.6 Å². The third-order valence-electron chi connectivity index (χ3n) is 3.39. The maximum absolute atomic E-state index is 12.4. The van der Waals surface area contributed by atoms with Crippen LogP contribution in [-0.2, 0) is 9.53 Å². The van der Waals surface area contributed by atoms with E-state index in [1.807, 2.05) is 0 Å². The van der Waals surface area contributed by atoms with E-state index in [1.54, 1.807) is 18.2 Å². The highest BCUT2D eigenvalue weighted by atomic mass is 35.5. The van der Waals surface area contributed by atoms with E-state index in [2.05, 4.69) is 10.1 Å². The summed E-state index contributed by atoms with van der Waals surface area (Å²) in [6.07, 6.45) is 0. The lowest BCUT2D eigenvalue weighted by atomic mass is 10.2. The van der Waals surface area contributed by atoms with Crippen molar-refractivity contribution < 1.29 is 32.3 Å². The van der Waals surface area contributed by atoms with Crippen LogP contribution in [-0.4, -0.2) is 25.1 Å². The Kier molecular flexibility index (Phi) is 5.56. The maximum Gasteiger partial charge on any atom is 0.387 e. The second kappa shape index (κ2) is 8.05. The zero-order valence-corrected chi connectivity index (χ0v) is 14.3. The quantitative estimate of drug-likeness (QED) is 0.622. The van der Waals surface area contributed by atoms with Crippen molar-refractivity contribution in [2.75, 3.05) is 11.9 Å². The minimum atomic E-state index is -3.04. The van der Waals surface area contributed by atoms with Gasteiger partial charge in [0.15, 0.2) is 6.61 Å². The molecule has 3 aromatic rings. The second-order valence-electron chi connectivity index (χ2n) is 5.29. The molecule has 0 fully saturated rings. The lowest BCUT2D eigenvalue weighted by molar-refractivity contribution is -0.119. The highest BCUT2D eigenvalue weighted by Crippen LogP contribution is 2.26. The molecule has 1 heterocycles. The first-order valence-electron chi connectivity index (χ1n) is 7.62. The number of para-hydroxylation sites is 2. The van der Waals surface area contributed by atoms with Gasteiger partial charge in [0, 0.05) is 10.4 Å². The molecule has 0 unspecified atom stereocenters. The predicted octanol–water partition coefficient (Wildman–Crippen LogP) is 4.48. The van der Waals surface area contributed by atoms with E-state index in [0.29, 0.717) is 16.0 Å². The van der Waals surface area contributed by atoms with Gasteiger partial charge in [-0.25, -0.2) is 4.79 Å². The monoisotopic (exact) mass is 395 g/mol. The van der Waals surface area contributed by atoms with Crippen molar-refractivity contribution in [3.8, 4) is 5.75 Å². The fourth-order valence-electron chi connectivity index (χ4n) is 2.27. The van der Waals surface area contributed by atoms with Crippen LogP contribution in [0.4, 0.5) is 14.5 Å². The molecular weight excluding hydrogens is 384 g/mol. The molecule has 0 atom stereocenters. The third-order valence-corrected chi connectivity index (χ3v) is 3.63. The number of anilines is 1. The molecule has 0 aliphatic rings. The number of halogens is 3. The first kappa shape index (κ1) is 18.7. The van der Waals surface area contributed by atoms with Crippen molar-refractivity contribution in [3.63, 3.8) is 0 Å². The van der Waals surface area contributed by atoms with E-state index in [1.165, 1.54) is 30.3 Å². The van der Waals surface area contributed by atoms with Gasteiger partial charge in [0.25, 0.3) is 5.91 Å². The molecule has 1 aromatic heterocycles. The Labute approximate surface area is 156 Å². The van der Waals surface area contributed by atoms with Crippen LogP contribution < -0.4 is 10.1 Å². The molecule has 9 heteroatoms. The number of nitrogens with one attached hydrogen (secondary N) is 1. The average molecular weight is 396 g/mol. The summed E-state index contributed by atoms with van der Waals surface area (Å²) in [7, 11) is 0. The van der Waals surface area contributed by atoms with Crippen LogP contribution in [0.25, 0.3) is 11.0 Å². The number of esters is 1. The smallest absolute Gasteiger partial charge is 0.387 e. The van der Waals surface area contributed by atoms with Gasteiger partial charge in [-0.1, -0.05) is 23.7 Å². The number of amides is 1. The zero-order chi connectivity index (χ0) is 19.4. The molecule has 6 nitrogen and oxygen atoms in total. The first-order valence-corrected chi connectivity index (χ1v) is 8.00. The number of benzene rings is 2. The van der Waals surface area contributed by atoms with Crippen molar-refractivity contribution in [1.29, 1.82) is 0 Å². The first-order chi connectivity index (χ1) is 12.9. The lowest BCUT2D eigenvalue weighted by Gasteiger charge is -2.11. The van der Waals surface area contributed by atoms with Crippen LogP contribution in [0.1, 0.15) is 10.6 Å². The molecule has 27 heavy (non-hydrogen) atoms. The molecule has 1 N–H and O–H groups in total. The van der Waals surface area contributed by atoms with Gasteiger partial charge < -0.3 is 19.2 Å². The van der Waals surface area contributed by atoms with Gasteiger partial charge in [0.2, 0.25) is 5.76 Å². The summed E-state index contributed by atoms with van der Waals surface area (Å²) in [5.41, 5.74) is 0.464. The fraction of sp³-hybridized carbons (Fsp3) is 0.111. The van der Waals surface area contributed by atoms with Crippen LogP contribution in [0.5, 0.6) is 5.75 Å². The number of rotatable bonds is 6. The minimum Gasteiger partial charge on any atom is -0.450 e. The number of furan rings is 1. The number of carbonyl (C=O) groups is 2. The van der Waals surface area contributed by atoms with Crippen molar-refractivity contribution in [3.05, 3.63) is 59.3 Å². The SMILES string of the molecule is O=C(COC(=O)c1cc2cc(Cl)ccc2o1)Nc1ccccc1OC(F)F. The predicted molar refractivity (Wildman–Crippen MR) is 93.2 cm³/mol. The molecule has 140 valence electrons. The fourth-order valence-corrected chi connectivity index (χ4v) is 2.45. The molecule has 0 bridgehead atoms. The Hall–Kier alpha value is -3.13. The van der Waals surface area contributed by atoms with Crippen molar-refractivity contribution in [2.45, 2.75) is 6.61 Å². The van der Waals surface area contributed by atoms with E-state index in [4.69, 9.17) is 20.8 Å². The summed E-state index contributed by atoms with van der Waals surface area (Å²) < 4.78 is 39.2. The van der Waals surface area contributed by atoms with Crippen LogP contribution in [0.15, 0.2) is 52.9 Å². The van der Waals surface area contributed by atoms with E-state index in [0.717, 1.165) is 0 Å². The third kappa shape index (κ3) is 4.73. The van der Waals surface area contributed by atoms with E-state index < -0.39 is 25.1 Å². The number of fused-ring (bicyclic) bond motifs is 1. The van der Waals surface area contributed by atoms with Gasteiger partial charge in [-0.05, 0) is 36.4 Å². The Balaban J connectivity index is 1.61. The summed E-state index contributed by atoms with van der Waals surface area (Å²) in [5.74, 6) is -1.88. The number of carbonyl (C=O) groups excluding carboxylic acids is 2. The Bertz CT molecular complexity index is 989. The molecule has 0 saturated heterocycles. The molecule has 1 amide bonds. The largest absolute Gasteiger partial charge is 0.450 e. The van der Waals surface area contributed by atoms with Gasteiger partial charge in [0.1, 0.15) is 11.3 Å². The molecule has 3 rings (SSSR count).